The maximum atomic E-state index is 12.8. The van der Waals surface area contributed by atoms with Gasteiger partial charge in [0.1, 0.15) is 11.3 Å². The second-order valence-corrected chi connectivity index (χ2v) is 8.16. The first kappa shape index (κ1) is 16.2. The van der Waals surface area contributed by atoms with Gasteiger partial charge in [0.2, 0.25) is 10.0 Å². The van der Waals surface area contributed by atoms with Crippen LogP contribution in [0.4, 0.5) is 0 Å². The fourth-order valence-corrected chi connectivity index (χ4v) is 5.02. The molecule has 0 unspecified atom stereocenters. The van der Waals surface area contributed by atoms with E-state index in [1.54, 1.807) is 34.8 Å². The van der Waals surface area contributed by atoms with Gasteiger partial charge in [-0.2, -0.15) is 4.31 Å². The summed E-state index contributed by atoms with van der Waals surface area (Å²) in [5, 5.41) is 0. The molecule has 0 N–H and O–H groups in total. The molecule has 25 heavy (non-hydrogen) atoms. The number of rotatable bonds is 4. The third-order valence-electron chi connectivity index (χ3n) is 4.75. The van der Waals surface area contributed by atoms with E-state index in [0.717, 1.165) is 30.0 Å². The summed E-state index contributed by atoms with van der Waals surface area (Å²) in [4.78, 5) is 9.51. The molecule has 6 nitrogen and oxygen atoms in total. The van der Waals surface area contributed by atoms with Crippen LogP contribution >= 0.6 is 0 Å². The van der Waals surface area contributed by atoms with Crippen molar-refractivity contribution in [2.24, 2.45) is 0 Å². The van der Waals surface area contributed by atoms with Crippen LogP contribution in [0.2, 0.25) is 0 Å². The highest BCUT2D eigenvalue weighted by atomic mass is 32.2. The number of aryl methyl sites for hydroxylation is 1. The van der Waals surface area contributed by atoms with Gasteiger partial charge in [-0.15, -0.1) is 0 Å². The lowest BCUT2D eigenvalue weighted by molar-refractivity contribution is 0.469. The molecule has 2 aromatic heterocycles. The number of nitrogens with zero attached hydrogens (tertiary/aromatic N) is 4. The molecule has 1 atom stereocenters. The Labute approximate surface area is 147 Å². The van der Waals surface area contributed by atoms with Gasteiger partial charge < -0.3 is 4.57 Å². The van der Waals surface area contributed by atoms with Gasteiger partial charge in [0.25, 0.3) is 0 Å². The minimum atomic E-state index is -3.45. The van der Waals surface area contributed by atoms with E-state index in [2.05, 4.69) is 16.5 Å². The Morgan fingerprint density at radius 3 is 2.72 bits per heavy atom. The minimum Gasteiger partial charge on any atom is -0.313 e. The van der Waals surface area contributed by atoms with Crippen LogP contribution in [-0.2, 0) is 16.6 Å². The number of imidazole rings is 1. The number of pyridine rings is 1. The molecule has 1 aromatic carbocycles. The highest BCUT2D eigenvalue weighted by molar-refractivity contribution is 7.89. The van der Waals surface area contributed by atoms with E-state index >= 15 is 0 Å². The minimum absolute atomic E-state index is 0.0904. The molecular weight excluding hydrogens is 336 g/mol. The van der Waals surface area contributed by atoms with Crippen LogP contribution in [0.25, 0.3) is 11.2 Å². The molecular formula is C18H20N4O2S. The van der Waals surface area contributed by atoms with Crippen molar-refractivity contribution in [2.75, 3.05) is 13.1 Å². The van der Waals surface area contributed by atoms with Gasteiger partial charge in [-0.05, 0) is 37.6 Å². The molecule has 0 saturated carbocycles. The van der Waals surface area contributed by atoms with Gasteiger partial charge in [-0.25, -0.2) is 18.4 Å². The molecule has 0 aliphatic carbocycles. The van der Waals surface area contributed by atoms with E-state index in [0.29, 0.717) is 18.0 Å². The Kier molecular flexibility index (Phi) is 4.05. The van der Waals surface area contributed by atoms with Gasteiger partial charge in [0.05, 0.1) is 4.90 Å². The largest absolute Gasteiger partial charge is 0.313 e. The maximum Gasteiger partial charge on any atom is 0.243 e. The van der Waals surface area contributed by atoms with Gasteiger partial charge in [0, 0.05) is 31.7 Å². The Hall–Kier alpha value is -2.25. The van der Waals surface area contributed by atoms with Crippen LogP contribution in [0.3, 0.4) is 0 Å². The number of hydrogen-bond donors (Lipinski definition) is 0. The summed E-state index contributed by atoms with van der Waals surface area (Å²) in [6.07, 6.45) is 2.54. The van der Waals surface area contributed by atoms with Crippen LogP contribution in [0.1, 0.15) is 25.1 Å². The standard InChI is InChI=1S/C18H20N4O2S/c1-2-22-17(20-16-9-6-11-19-18(16)22)14-10-12-21(13-14)25(23,24)15-7-4-3-5-8-15/h3-9,11,14H,2,10,12-13H2,1H3/t14-/m1/s1. The normalized spacial score (nSPS) is 18.8. The highest BCUT2D eigenvalue weighted by Gasteiger charge is 2.35. The number of aromatic nitrogens is 3. The lowest BCUT2D eigenvalue weighted by Gasteiger charge is -2.17. The smallest absolute Gasteiger partial charge is 0.243 e. The molecule has 3 heterocycles. The second kappa shape index (κ2) is 6.24. The van der Waals surface area contributed by atoms with Crippen molar-refractivity contribution < 1.29 is 8.42 Å². The van der Waals surface area contributed by atoms with Crippen LogP contribution in [0.5, 0.6) is 0 Å². The van der Waals surface area contributed by atoms with E-state index in [9.17, 15) is 8.42 Å². The summed E-state index contributed by atoms with van der Waals surface area (Å²) in [7, 11) is -3.45. The van der Waals surface area contributed by atoms with E-state index in [1.165, 1.54) is 0 Å². The topological polar surface area (TPSA) is 68.1 Å². The number of hydrogen-bond acceptors (Lipinski definition) is 4. The maximum absolute atomic E-state index is 12.8. The zero-order chi connectivity index (χ0) is 17.4. The number of benzene rings is 1. The highest BCUT2D eigenvalue weighted by Crippen LogP contribution is 2.32. The van der Waals surface area contributed by atoms with Gasteiger partial charge in [-0.1, -0.05) is 18.2 Å². The van der Waals surface area contributed by atoms with E-state index in [-0.39, 0.29) is 5.92 Å². The number of sulfonamides is 1. The van der Waals surface area contributed by atoms with Gasteiger partial charge >= 0.3 is 0 Å². The fraction of sp³-hybridized carbons (Fsp3) is 0.333. The second-order valence-electron chi connectivity index (χ2n) is 6.22. The molecule has 1 saturated heterocycles. The molecule has 0 spiro atoms. The molecule has 4 rings (SSSR count). The first-order valence-corrected chi connectivity index (χ1v) is 9.91. The van der Waals surface area contributed by atoms with Crippen molar-refractivity contribution >= 4 is 21.2 Å². The monoisotopic (exact) mass is 356 g/mol. The number of fused-ring (bicyclic) bond motifs is 1. The third kappa shape index (κ3) is 2.73. The Bertz CT molecular complexity index is 998. The van der Waals surface area contributed by atoms with Crippen LogP contribution < -0.4 is 0 Å². The van der Waals surface area contributed by atoms with Crippen molar-refractivity contribution in [1.29, 1.82) is 0 Å². The lowest BCUT2D eigenvalue weighted by atomic mass is 10.1. The summed E-state index contributed by atoms with van der Waals surface area (Å²) in [6.45, 7) is 3.81. The summed E-state index contributed by atoms with van der Waals surface area (Å²) >= 11 is 0. The SMILES string of the molecule is CCn1c([C@@H]2CCN(S(=O)(=O)c3ccccc3)C2)nc2cccnc21. The van der Waals surface area contributed by atoms with Crippen molar-refractivity contribution in [3.8, 4) is 0 Å². The third-order valence-corrected chi connectivity index (χ3v) is 6.63. The molecule has 0 amide bonds. The molecule has 7 heteroatoms. The molecule has 0 radical (unpaired) electrons. The average Bonchev–Trinajstić information content (AvgIpc) is 3.27. The van der Waals surface area contributed by atoms with Crippen LogP contribution in [0, 0.1) is 0 Å². The van der Waals surface area contributed by atoms with Crippen molar-refractivity contribution in [1.82, 2.24) is 18.8 Å². The first-order chi connectivity index (χ1) is 12.1. The van der Waals surface area contributed by atoms with Gasteiger partial charge in [0.15, 0.2) is 5.65 Å². The average molecular weight is 356 g/mol. The molecule has 0 bridgehead atoms. The summed E-state index contributed by atoms with van der Waals surface area (Å²) in [5.74, 6) is 1.02. The van der Waals surface area contributed by atoms with Crippen LogP contribution in [0.15, 0.2) is 53.6 Å². The van der Waals surface area contributed by atoms with Crippen molar-refractivity contribution in [2.45, 2.75) is 30.7 Å². The molecule has 1 aliphatic rings. The zero-order valence-electron chi connectivity index (χ0n) is 14.0. The van der Waals surface area contributed by atoms with E-state index in [4.69, 9.17) is 4.98 Å². The van der Waals surface area contributed by atoms with Crippen LogP contribution in [-0.4, -0.2) is 40.3 Å². The molecule has 3 aromatic rings. The van der Waals surface area contributed by atoms with E-state index < -0.39 is 10.0 Å². The van der Waals surface area contributed by atoms with Crippen molar-refractivity contribution in [3.05, 3.63) is 54.5 Å². The predicted molar refractivity (Wildman–Crippen MR) is 95.8 cm³/mol. The molecule has 1 fully saturated rings. The quantitative estimate of drug-likeness (QED) is 0.721. The van der Waals surface area contributed by atoms with Crippen molar-refractivity contribution in [3.63, 3.8) is 0 Å². The summed E-state index contributed by atoms with van der Waals surface area (Å²) in [5.41, 5.74) is 1.73. The summed E-state index contributed by atoms with van der Waals surface area (Å²) in [6, 6.07) is 12.4. The summed E-state index contributed by atoms with van der Waals surface area (Å²) < 4.78 is 29.3. The first-order valence-electron chi connectivity index (χ1n) is 8.47. The van der Waals surface area contributed by atoms with E-state index in [1.807, 2.05) is 18.2 Å². The zero-order valence-corrected chi connectivity index (χ0v) is 14.9. The fourth-order valence-electron chi connectivity index (χ4n) is 3.50. The Balaban J connectivity index is 1.65. The predicted octanol–water partition coefficient (Wildman–Crippen LogP) is 2.63. The molecule has 130 valence electrons. The lowest BCUT2D eigenvalue weighted by Crippen LogP contribution is -2.28. The Morgan fingerprint density at radius 1 is 1.16 bits per heavy atom. The molecule has 1 aliphatic heterocycles. The van der Waals surface area contributed by atoms with Gasteiger partial charge in [-0.3, -0.25) is 0 Å². The Morgan fingerprint density at radius 2 is 1.96 bits per heavy atom.